The van der Waals surface area contributed by atoms with Crippen LogP contribution in [0.2, 0.25) is 0 Å². The summed E-state index contributed by atoms with van der Waals surface area (Å²) in [5.74, 6) is 0.852. The van der Waals surface area contributed by atoms with Crippen LogP contribution in [0.25, 0.3) is 5.69 Å². The number of methoxy groups -OCH3 is 1. The van der Waals surface area contributed by atoms with Gasteiger partial charge in [0.15, 0.2) is 0 Å². The molecule has 0 fully saturated rings. The van der Waals surface area contributed by atoms with Crippen molar-refractivity contribution in [2.75, 3.05) is 7.11 Å². The minimum absolute atomic E-state index is 0.172. The molecule has 5 heteroatoms. The predicted octanol–water partition coefficient (Wildman–Crippen LogP) is 3.62. The van der Waals surface area contributed by atoms with Gasteiger partial charge in [-0.2, -0.15) is 0 Å². The Balaban J connectivity index is 2.13. The number of rotatable bonds is 5. The Kier molecular flexibility index (Phi) is 5.54. The number of nitrogens with one attached hydrogen (secondary N) is 1. The zero-order valence-corrected chi connectivity index (χ0v) is 16.8. The third-order valence-corrected chi connectivity index (χ3v) is 4.79. The van der Waals surface area contributed by atoms with Gasteiger partial charge >= 0.3 is 5.69 Å². The SMILES string of the molecule is COc1c(CCc2ccccc2)cc(-n2ccc(=O)[nH]c2=O)cc1C(C)(C)C. The quantitative estimate of drug-likeness (QED) is 0.738. The van der Waals surface area contributed by atoms with Crippen molar-refractivity contribution in [3.8, 4) is 11.4 Å². The molecular formula is C23H26N2O3. The number of nitrogens with zero attached hydrogens (tertiary/aromatic N) is 1. The molecule has 5 nitrogen and oxygen atoms in total. The van der Waals surface area contributed by atoms with Gasteiger partial charge in [0, 0.05) is 17.8 Å². The molecule has 0 unspecified atom stereocenters. The second-order valence-electron chi connectivity index (χ2n) is 7.90. The lowest BCUT2D eigenvalue weighted by atomic mass is 9.84. The lowest BCUT2D eigenvalue weighted by molar-refractivity contribution is 0.392. The molecule has 1 N–H and O–H groups in total. The molecule has 0 aliphatic carbocycles. The van der Waals surface area contributed by atoms with E-state index in [2.05, 4.69) is 37.9 Å². The van der Waals surface area contributed by atoms with Crippen LogP contribution in [-0.2, 0) is 18.3 Å². The summed E-state index contributed by atoms with van der Waals surface area (Å²) in [5, 5.41) is 0. The zero-order chi connectivity index (χ0) is 20.3. The Labute approximate surface area is 164 Å². The van der Waals surface area contributed by atoms with E-state index in [0.717, 1.165) is 35.4 Å². The summed E-state index contributed by atoms with van der Waals surface area (Å²) in [7, 11) is 1.68. The summed E-state index contributed by atoms with van der Waals surface area (Å²) in [5.41, 5.74) is 2.99. The van der Waals surface area contributed by atoms with Crippen molar-refractivity contribution in [2.24, 2.45) is 0 Å². The van der Waals surface area contributed by atoms with Crippen molar-refractivity contribution in [1.29, 1.82) is 0 Å². The average Bonchev–Trinajstić information content (AvgIpc) is 2.65. The third kappa shape index (κ3) is 4.25. The minimum atomic E-state index is -0.452. The van der Waals surface area contributed by atoms with E-state index in [0.29, 0.717) is 0 Å². The van der Waals surface area contributed by atoms with E-state index in [1.54, 1.807) is 7.11 Å². The molecule has 0 aliphatic rings. The van der Waals surface area contributed by atoms with Crippen LogP contribution in [-0.4, -0.2) is 16.7 Å². The first-order chi connectivity index (χ1) is 13.3. The summed E-state index contributed by atoms with van der Waals surface area (Å²) in [6.07, 6.45) is 3.16. The van der Waals surface area contributed by atoms with Gasteiger partial charge in [-0.1, -0.05) is 51.1 Å². The molecule has 1 heterocycles. The van der Waals surface area contributed by atoms with Gasteiger partial charge in [0.1, 0.15) is 5.75 Å². The number of hydrogen-bond acceptors (Lipinski definition) is 3. The maximum Gasteiger partial charge on any atom is 0.332 e. The average molecular weight is 378 g/mol. The van der Waals surface area contributed by atoms with Crippen LogP contribution in [0.15, 0.2) is 64.3 Å². The number of hydrogen-bond donors (Lipinski definition) is 1. The first kappa shape index (κ1) is 19.7. The molecule has 0 bridgehead atoms. The van der Waals surface area contributed by atoms with Crippen LogP contribution >= 0.6 is 0 Å². The molecule has 0 spiro atoms. The number of aromatic nitrogens is 2. The van der Waals surface area contributed by atoms with Crippen molar-refractivity contribution in [2.45, 2.75) is 39.0 Å². The smallest absolute Gasteiger partial charge is 0.332 e. The van der Waals surface area contributed by atoms with E-state index >= 15 is 0 Å². The zero-order valence-electron chi connectivity index (χ0n) is 16.8. The second kappa shape index (κ2) is 7.89. The van der Waals surface area contributed by atoms with Crippen molar-refractivity contribution in [3.05, 3.63) is 92.3 Å². The summed E-state index contributed by atoms with van der Waals surface area (Å²) < 4.78 is 7.25. The maximum atomic E-state index is 12.3. The van der Waals surface area contributed by atoms with Gasteiger partial charge < -0.3 is 4.74 Å². The number of aromatic amines is 1. The van der Waals surface area contributed by atoms with E-state index in [1.165, 1.54) is 22.4 Å². The maximum absolute atomic E-state index is 12.3. The summed E-state index contributed by atoms with van der Waals surface area (Å²) in [4.78, 5) is 26.1. The standard InChI is InChI=1S/C23H26N2O3/c1-23(2,3)19-15-18(25-13-12-20(26)24-22(25)27)14-17(21(19)28-4)11-10-16-8-6-5-7-9-16/h5-9,12-15H,10-11H2,1-4H3,(H,24,26,27). The molecule has 1 aromatic heterocycles. The Hall–Kier alpha value is -3.08. The van der Waals surface area contributed by atoms with Crippen LogP contribution < -0.4 is 16.0 Å². The molecule has 28 heavy (non-hydrogen) atoms. The Bertz CT molecular complexity index is 1070. The second-order valence-corrected chi connectivity index (χ2v) is 7.90. The van der Waals surface area contributed by atoms with Crippen molar-refractivity contribution < 1.29 is 4.74 Å². The van der Waals surface area contributed by atoms with Crippen molar-refractivity contribution in [3.63, 3.8) is 0 Å². The lowest BCUT2D eigenvalue weighted by Crippen LogP contribution is -2.28. The fraction of sp³-hybridized carbons (Fsp3) is 0.304. The highest BCUT2D eigenvalue weighted by Gasteiger charge is 2.23. The highest BCUT2D eigenvalue weighted by Crippen LogP contribution is 2.36. The van der Waals surface area contributed by atoms with E-state index in [1.807, 2.05) is 30.3 Å². The van der Waals surface area contributed by atoms with Gasteiger partial charge in [-0.05, 0) is 41.5 Å². The molecule has 0 saturated carbocycles. The largest absolute Gasteiger partial charge is 0.496 e. The van der Waals surface area contributed by atoms with Crippen LogP contribution in [0.5, 0.6) is 5.75 Å². The fourth-order valence-corrected chi connectivity index (χ4v) is 3.34. The molecule has 146 valence electrons. The van der Waals surface area contributed by atoms with E-state index in [9.17, 15) is 9.59 Å². The minimum Gasteiger partial charge on any atom is -0.496 e. The topological polar surface area (TPSA) is 64.1 Å². The Morgan fingerprint density at radius 2 is 1.71 bits per heavy atom. The first-order valence-electron chi connectivity index (χ1n) is 9.37. The van der Waals surface area contributed by atoms with Crippen LogP contribution in [0.1, 0.15) is 37.5 Å². The van der Waals surface area contributed by atoms with Crippen LogP contribution in [0.4, 0.5) is 0 Å². The first-order valence-corrected chi connectivity index (χ1v) is 9.37. The molecule has 0 radical (unpaired) electrons. The summed E-state index contributed by atoms with van der Waals surface area (Å²) >= 11 is 0. The highest BCUT2D eigenvalue weighted by atomic mass is 16.5. The lowest BCUT2D eigenvalue weighted by Gasteiger charge is -2.25. The monoisotopic (exact) mass is 378 g/mol. The van der Waals surface area contributed by atoms with Gasteiger partial charge in [-0.15, -0.1) is 0 Å². The van der Waals surface area contributed by atoms with Crippen molar-refractivity contribution in [1.82, 2.24) is 9.55 Å². The molecule has 0 aliphatic heterocycles. The Morgan fingerprint density at radius 1 is 1.00 bits per heavy atom. The van der Waals surface area contributed by atoms with E-state index < -0.39 is 11.2 Å². The number of benzene rings is 2. The molecule has 2 aromatic carbocycles. The molecule has 0 amide bonds. The van der Waals surface area contributed by atoms with Gasteiger partial charge in [-0.3, -0.25) is 14.3 Å². The molecular weight excluding hydrogens is 352 g/mol. The molecule has 3 aromatic rings. The van der Waals surface area contributed by atoms with E-state index in [-0.39, 0.29) is 5.41 Å². The number of H-pyrrole nitrogens is 1. The van der Waals surface area contributed by atoms with E-state index in [4.69, 9.17) is 4.74 Å². The summed E-state index contributed by atoms with van der Waals surface area (Å²) in [6, 6.07) is 15.6. The third-order valence-electron chi connectivity index (χ3n) is 4.79. The highest BCUT2D eigenvalue weighted by molar-refractivity contribution is 5.53. The molecule has 3 rings (SSSR count). The van der Waals surface area contributed by atoms with Crippen LogP contribution in [0, 0.1) is 0 Å². The normalized spacial score (nSPS) is 11.4. The van der Waals surface area contributed by atoms with Gasteiger partial charge in [0.05, 0.1) is 12.8 Å². The number of ether oxygens (including phenoxy) is 1. The summed E-state index contributed by atoms with van der Waals surface area (Å²) in [6.45, 7) is 6.35. The van der Waals surface area contributed by atoms with Gasteiger partial charge in [0.2, 0.25) is 0 Å². The van der Waals surface area contributed by atoms with Gasteiger partial charge in [0.25, 0.3) is 5.56 Å². The molecule has 0 saturated heterocycles. The van der Waals surface area contributed by atoms with Crippen molar-refractivity contribution >= 4 is 0 Å². The van der Waals surface area contributed by atoms with Crippen LogP contribution in [0.3, 0.4) is 0 Å². The molecule has 0 atom stereocenters. The van der Waals surface area contributed by atoms with Gasteiger partial charge in [-0.25, -0.2) is 4.79 Å². The number of aryl methyl sites for hydroxylation is 2. The predicted molar refractivity (Wildman–Crippen MR) is 112 cm³/mol. The fourth-order valence-electron chi connectivity index (χ4n) is 3.34. The Morgan fingerprint density at radius 3 is 2.32 bits per heavy atom.